The third kappa shape index (κ3) is 6.68. The minimum Gasteiger partial charge on any atom is -0.479 e. The highest BCUT2D eigenvalue weighted by Crippen LogP contribution is 2.32. The third-order valence-electron chi connectivity index (χ3n) is 4.29. The molecule has 2 aromatic rings. The van der Waals surface area contributed by atoms with E-state index in [1.54, 1.807) is 50.3 Å². The van der Waals surface area contributed by atoms with Gasteiger partial charge in [-0.15, -0.1) is 0 Å². The molecule has 4 nitrogen and oxygen atoms in total. The monoisotopic (exact) mass is 402 g/mol. The van der Waals surface area contributed by atoms with Crippen LogP contribution < -0.4 is 10.1 Å². The minimum absolute atomic E-state index is 0.0424. The molecule has 0 spiro atoms. The Labute approximate surface area is 167 Å². The molecule has 0 heterocycles. The van der Waals surface area contributed by atoms with Crippen molar-refractivity contribution in [3.63, 3.8) is 0 Å². The first-order valence-corrected chi connectivity index (χ1v) is 8.85. The first-order chi connectivity index (χ1) is 13.6. The molecule has 0 saturated heterocycles. The maximum Gasteiger partial charge on any atom is 0.416 e. The van der Waals surface area contributed by atoms with E-state index < -0.39 is 17.2 Å². The van der Waals surface area contributed by atoms with E-state index in [9.17, 15) is 18.0 Å². The van der Waals surface area contributed by atoms with Crippen molar-refractivity contribution in [1.82, 2.24) is 5.32 Å². The topological polar surface area (TPSA) is 62.1 Å². The molecule has 0 aromatic heterocycles. The van der Waals surface area contributed by atoms with Crippen LogP contribution in [0.15, 0.2) is 54.6 Å². The second-order valence-electron chi connectivity index (χ2n) is 7.03. The molecular formula is C22H21F3N2O2. The van der Waals surface area contributed by atoms with Gasteiger partial charge in [-0.1, -0.05) is 44.2 Å². The number of alkyl halides is 3. The zero-order chi connectivity index (χ0) is 21.5. The highest BCUT2D eigenvalue weighted by molar-refractivity contribution is 5.91. The van der Waals surface area contributed by atoms with Crippen molar-refractivity contribution < 1.29 is 22.7 Å². The van der Waals surface area contributed by atoms with Gasteiger partial charge in [0.25, 0.3) is 0 Å². The molecule has 0 aliphatic rings. The molecule has 7 heteroatoms. The number of nitrogens with zero attached hydrogens (tertiary/aromatic N) is 1. The van der Waals surface area contributed by atoms with E-state index in [4.69, 9.17) is 10.00 Å². The molecule has 0 unspecified atom stereocenters. The molecule has 0 bridgehead atoms. The lowest BCUT2D eigenvalue weighted by Gasteiger charge is -2.26. The van der Waals surface area contributed by atoms with E-state index >= 15 is 0 Å². The number of hydrogen-bond acceptors (Lipinski definition) is 3. The summed E-state index contributed by atoms with van der Waals surface area (Å²) in [5.41, 5.74) is -0.132. The Hall–Kier alpha value is -3.27. The zero-order valence-electron chi connectivity index (χ0n) is 16.1. The number of amides is 1. The maximum atomic E-state index is 12.9. The molecule has 1 amide bonds. The van der Waals surface area contributed by atoms with Crippen LogP contribution >= 0.6 is 0 Å². The second-order valence-corrected chi connectivity index (χ2v) is 7.03. The summed E-state index contributed by atoms with van der Waals surface area (Å²) in [5.74, 6) is 0.200. The molecule has 2 aromatic carbocycles. The molecule has 2 rings (SSSR count). The Bertz CT molecular complexity index is 911. The number of carbonyl (C=O) groups excluding carboxylic acids is 1. The van der Waals surface area contributed by atoms with Crippen LogP contribution in [0.25, 0.3) is 6.08 Å². The lowest BCUT2D eigenvalue weighted by Crippen LogP contribution is -2.36. The van der Waals surface area contributed by atoms with E-state index in [2.05, 4.69) is 5.32 Å². The first-order valence-electron chi connectivity index (χ1n) is 8.85. The second kappa shape index (κ2) is 9.28. The quantitative estimate of drug-likeness (QED) is 0.682. The van der Waals surface area contributed by atoms with E-state index in [0.29, 0.717) is 11.3 Å². The van der Waals surface area contributed by atoms with Crippen LogP contribution in [0, 0.1) is 11.3 Å². The minimum atomic E-state index is -4.41. The summed E-state index contributed by atoms with van der Waals surface area (Å²) >= 11 is 0. The van der Waals surface area contributed by atoms with Crippen molar-refractivity contribution in [1.29, 1.82) is 5.26 Å². The SMILES string of the molecule is CC(C)(CNC(=O)/C=C/c1ccc(OCC#N)cc1)c1cccc(C(F)(F)F)c1. The maximum absolute atomic E-state index is 12.9. The summed E-state index contributed by atoms with van der Waals surface area (Å²) in [7, 11) is 0. The van der Waals surface area contributed by atoms with Gasteiger partial charge in [-0.25, -0.2) is 0 Å². The molecular weight excluding hydrogens is 381 g/mol. The molecule has 0 fully saturated rings. The van der Waals surface area contributed by atoms with Crippen LogP contribution in [0.4, 0.5) is 13.2 Å². The Morgan fingerprint density at radius 1 is 1.14 bits per heavy atom. The van der Waals surface area contributed by atoms with Gasteiger partial charge >= 0.3 is 6.18 Å². The number of ether oxygens (including phenoxy) is 1. The Balaban J connectivity index is 1.95. The predicted molar refractivity (Wildman–Crippen MR) is 104 cm³/mol. The summed E-state index contributed by atoms with van der Waals surface area (Å²) in [6, 6.07) is 13.8. The summed E-state index contributed by atoms with van der Waals surface area (Å²) in [5, 5.41) is 11.2. The number of halogens is 3. The van der Waals surface area contributed by atoms with Crippen molar-refractivity contribution >= 4 is 12.0 Å². The van der Waals surface area contributed by atoms with Crippen LogP contribution in [-0.4, -0.2) is 19.1 Å². The van der Waals surface area contributed by atoms with Crippen molar-refractivity contribution in [2.45, 2.75) is 25.4 Å². The van der Waals surface area contributed by atoms with Gasteiger partial charge in [0.2, 0.25) is 5.91 Å². The van der Waals surface area contributed by atoms with E-state index in [1.807, 2.05) is 6.07 Å². The van der Waals surface area contributed by atoms with Crippen molar-refractivity contribution in [3.05, 3.63) is 71.3 Å². The number of carbonyl (C=O) groups is 1. The lowest BCUT2D eigenvalue weighted by atomic mass is 9.83. The van der Waals surface area contributed by atoms with Crippen LogP contribution in [0.5, 0.6) is 5.75 Å². The number of nitrogens with one attached hydrogen (secondary N) is 1. The molecule has 1 N–H and O–H groups in total. The van der Waals surface area contributed by atoms with E-state index in [0.717, 1.165) is 17.7 Å². The average Bonchev–Trinajstić information content (AvgIpc) is 2.69. The van der Waals surface area contributed by atoms with Crippen molar-refractivity contribution in [2.24, 2.45) is 0 Å². The predicted octanol–water partition coefficient (Wildman–Crippen LogP) is 4.71. The van der Waals surface area contributed by atoms with Gasteiger partial charge in [0.15, 0.2) is 6.61 Å². The molecule has 0 radical (unpaired) electrons. The fraction of sp³-hybridized carbons (Fsp3) is 0.273. The molecule has 0 aliphatic heterocycles. The van der Waals surface area contributed by atoms with E-state index in [1.165, 1.54) is 12.1 Å². The standard InChI is InChI=1S/C22H21F3N2O2/c1-21(2,17-4-3-5-18(14-17)22(23,24)25)15-27-20(28)11-8-16-6-9-19(10-7-16)29-13-12-26/h3-11,14H,13,15H2,1-2H3,(H,27,28)/b11-8+. The highest BCUT2D eigenvalue weighted by atomic mass is 19.4. The molecule has 0 aliphatic carbocycles. The molecule has 0 saturated carbocycles. The van der Waals surface area contributed by atoms with Crippen molar-refractivity contribution in [3.8, 4) is 11.8 Å². The van der Waals surface area contributed by atoms with Crippen LogP contribution in [-0.2, 0) is 16.4 Å². The van der Waals surface area contributed by atoms with Crippen LogP contribution in [0.1, 0.15) is 30.5 Å². The summed E-state index contributed by atoms with van der Waals surface area (Å²) in [6.45, 7) is 3.68. The smallest absolute Gasteiger partial charge is 0.416 e. The zero-order valence-corrected chi connectivity index (χ0v) is 16.1. The van der Waals surface area contributed by atoms with Gasteiger partial charge in [-0.3, -0.25) is 4.79 Å². The first kappa shape index (κ1) is 22.0. The van der Waals surface area contributed by atoms with Gasteiger partial charge in [-0.05, 0) is 35.4 Å². The summed E-state index contributed by atoms with van der Waals surface area (Å²) in [6.07, 6.45) is -1.44. The number of hydrogen-bond donors (Lipinski definition) is 1. The number of rotatable bonds is 7. The Morgan fingerprint density at radius 2 is 1.79 bits per heavy atom. The fourth-order valence-electron chi connectivity index (χ4n) is 2.55. The lowest BCUT2D eigenvalue weighted by molar-refractivity contribution is -0.137. The molecule has 29 heavy (non-hydrogen) atoms. The summed E-state index contributed by atoms with van der Waals surface area (Å²) < 4.78 is 43.9. The molecule has 0 atom stereocenters. The van der Waals surface area contributed by atoms with Gasteiger partial charge in [0.1, 0.15) is 11.8 Å². The Kier molecular flexibility index (Phi) is 7.05. The number of benzene rings is 2. The highest BCUT2D eigenvalue weighted by Gasteiger charge is 2.32. The largest absolute Gasteiger partial charge is 0.479 e. The Morgan fingerprint density at radius 3 is 2.41 bits per heavy atom. The third-order valence-corrected chi connectivity index (χ3v) is 4.29. The molecule has 152 valence electrons. The summed E-state index contributed by atoms with van der Waals surface area (Å²) in [4.78, 5) is 12.1. The van der Waals surface area contributed by atoms with Gasteiger partial charge in [-0.2, -0.15) is 18.4 Å². The van der Waals surface area contributed by atoms with Crippen molar-refractivity contribution in [2.75, 3.05) is 13.2 Å². The normalized spacial score (nSPS) is 11.9. The van der Waals surface area contributed by atoms with Crippen LogP contribution in [0.3, 0.4) is 0 Å². The van der Waals surface area contributed by atoms with Gasteiger partial charge < -0.3 is 10.1 Å². The fourth-order valence-corrected chi connectivity index (χ4v) is 2.55. The van der Waals surface area contributed by atoms with Crippen LogP contribution in [0.2, 0.25) is 0 Å². The van der Waals surface area contributed by atoms with Gasteiger partial charge in [0.05, 0.1) is 5.56 Å². The number of nitriles is 1. The van der Waals surface area contributed by atoms with E-state index in [-0.39, 0.29) is 19.1 Å². The average molecular weight is 402 g/mol. The van der Waals surface area contributed by atoms with Gasteiger partial charge in [0, 0.05) is 18.0 Å².